The molecule has 0 saturated heterocycles. The molecule has 3 rings (SSSR count). The molecule has 0 saturated carbocycles. The highest BCUT2D eigenvalue weighted by molar-refractivity contribution is 7.22. The molecule has 0 radical (unpaired) electrons. The number of hydrogen-bond acceptors (Lipinski definition) is 6. The molecule has 0 fully saturated rings. The lowest BCUT2D eigenvalue weighted by atomic mass is 10.2. The summed E-state index contributed by atoms with van der Waals surface area (Å²) in [6, 6.07) is 5.91. The number of hydrogen-bond donors (Lipinski definition) is 2. The van der Waals surface area contributed by atoms with Crippen LogP contribution < -0.4 is 11.1 Å². The Morgan fingerprint density at radius 3 is 2.85 bits per heavy atom. The van der Waals surface area contributed by atoms with Gasteiger partial charge in [0.2, 0.25) is 0 Å². The summed E-state index contributed by atoms with van der Waals surface area (Å²) in [7, 11) is 0. The Bertz CT molecular complexity index is 798. The van der Waals surface area contributed by atoms with Gasteiger partial charge in [-0.15, -0.1) is 0 Å². The highest BCUT2D eigenvalue weighted by atomic mass is 32.1. The number of nitrogens with one attached hydrogen (secondary N) is 1. The summed E-state index contributed by atoms with van der Waals surface area (Å²) in [5.74, 6) is -0.311. The van der Waals surface area contributed by atoms with Gasteiger partial charge >= 0.3 is 0 Å². The van der Waals surface area contributed by atoms with Crippen molar-refractivity contribution in [2.24, 2.45) is 0 Å². The summed E-state index contributed by atoms with van der Waals surface area (Å²) in [5.41, 5.74) is 7.68. The second kappa shape index (κ2) is 4.86. The number of carbonyl (C=O) groups excluding carboxylic acids is 1. The molecule has 2 heterocycles. The number of benzene rings is 1. The van der Waals surface area contributed by atoms with Gasteiger partial charge in [-0.2, -0.15) is 0 Å². The Balaban J connectivity index is 1.92. The predicted octanol–water partition coefficient (Wildman–Crippen LogP) is 2.23. The van der Waals surface area contributed by atoms with Gasteiger partial charge in [-0.05, 0) is 18.6 Å². The zero-order valence-corrected chi connectivity index (χ0v) is 11.4. The van der Waals surface area contributed by atoms with Gasteiger partial charge in [-0.3, -0.25) is 10.1 Å². The van der Waals surface area contributed by atoms with E-state index in [0.29, 0.717) is 5.13 Å². The van der Waals surface area contributed by atoms with Crippen LogP contribution in [0.5, 0.6) is 0 Å². The number of aryl methyl sites for hydroxylation is 1. The first kappa shape index (κ1) is 12.5. The number of aromatic nitrogens is 3. The van der Waals surface area contributed by atoms with Crippen molar-refractivity contribution >= 4 is 38.4 Å². The minimum Gasteiger partial charge on any atom is -0.382 e. The highest BCUT2D eigenvalue weighted by Crippen LogP contribution is 2.28. The number of fused-ring (bicyclic) bond motifs is 1. The third kappa shape index (κ3) is 2.19. The molecular weight excluding hydrogens is 274 g/mol. The monoisotopic (exact) mass is 285 g/mol. The number of nitrogen functional groups attached to an aromatic ring is 1. The van der Waals surface area contributed by atoms with E-state index in [0.717, 1.165) is 15.8 Å². The molecule has 3 N–H and O–H groups in total. The van der Waals surface area contributed by atoms with Gasteiger partial charge in [0.15, 0.2) is 16.6 Å². The van der Waals surface area contributed by atoms with Gasteiger partial charge in [0.25, 0.3) is 5.91 Å². The average Bonchev–Trinajstić information content (AvgIpc) is 2.83. The van der Waals surface area contributed by atoms with Gasteiger partial charge < -0.3 is 5.73 Å². The molecular formula is C13H11N5OS. The number of anilines is 2. The first-order chi connectivity index (χ1) is 9.65. The lowest BCUT2D eigenvalue weighted by Gasteiger charge is -2.02. The van der Waals surface area contributed by atoms with Crippen molar-refractivity contribution in [2.45, 2.75) is 6.92 Å². The van der Waals surface area contributed by atoms with Crippen molar-refractivity contribution in [1.29, 1.82) is 0 Å². The maximum Gasteiger partial charge on any atom is 0.279 e. The van der Waals surface area contributed by atoms with Crippen LogP contribution in [-0.4, -0.2) is 20.9 Å². The van der Waals surface area contributed by atoms with E-state index < -0.39 is 5.91 Å². The molecule has 0 atom stereocenters. The standard InChI is InChI=1S/C13H11N5OS/c1-7-3-2-4-8-9(7)17-13(20-8)18-12(19)10-11(14)16-6-5-15-10/h2-6H,1H3,(H2,14,16)(H,17,18,19). The van der Waals surface area contributed by atoms with Crippen LogP contribution in [0.4, 0.5) is 10.9 Å². The molecule has 20 heavy (non-hydrogen) atoms. The molecule has 2 aromatic heterocycles. The van der Waals surface area contributed by atoms with E-state index in [-0.39, 0.29) is 11.5 Å². The zero-order chi connectivity index (χ0) is 14.1. The third-order valence-corrected chi connectivity index (χ3v) is 3.72. The molecule has 0 aliphatic heterocycles. The highest BCUT2D eigenvalue weighted by Gasteiger charge is 2.14. The Kier molecular flexibility index (Phi) is 3.03. The Morgan fingerprint density at radius 2 is 2.10 bits per heavy atom. The van der Waals surface area contributed by atoms with Crippen LogP contribution in [0.15, 0.2) is 30.6 Å². The van der Waals surface area contributed by atoms with Crippen molar-refractivity contribution in [3.63, 3.8) is 0 Å². The lowest BCUT2D eigenvalue weighted by molar-refractivity contribution is 0.102. The quantitative estimate of drug-likeness (QED) is 0.753. The van der Waals surface area contributed by atoms with Crippen LogP contribution in [-0.2, 0) is 0 Å². The van der Waals surface area contributed by atoms with Gasteiger partial charge in [0, 0.05) is 12.4 Å². The zero-order valence-electron chi connectivity index (χ0n) is 10.6. The molecule has 6 nitrogen and oxygen atoms in total. The number of nitrogens with two attached hydrogens (primary N) is 1. The minimum absolute atomic E-state index is 0.0993. The number of thiazole rings is 1. The number of nitrogens with zero attached hydrogens (tertiary/aromatic N) is 3. The molecule has 0 bridgehead atoms. The number of para-hydroxylation sites is 1. The van der Waals surface area contributed by atoms with Crippen molar-refractivity contribution in [1.82, 2.24) is 15.0 Å². The van der Waals surface area contributed by atoms with Crippen LogP contribution in [0.25, 0.3) is 10.2 Å². The largest absolute Gasteiger partial charge is 0.382 e. The molecule has 1 aromatic carbocycles. The molecule has 0 spiro atoms. The fourth-order valence-corrected chi connectivity index (χ4v) is 2.76. The summed E-state index contributed by atoms with van der Waals surface area (Å²) in [6.07, 6.45) is 2.86. The van der Waals surface area contributed by atoms with Crippen molar-refractivity contribution in [3.8, 4) is 0 Å². The molecule has 1 amide bonds. The molecule has 0 aliphatic carbocycles. The average molecular weight is 285 g/mol. The number of rotatable bonds is 2. The second-order valence-corrected chi connectivity index (χ2v) is 5.22. The summed E-state index contributed by atoms with van der Waals surface area (Å²) < 4.78 is 1.02. The Hall–Kier alpha value is -2.54. The first-order valence-electron chi connectivity index (χ1n) is 5.89. The van der Waals surface area contributed by atoms with E-state index in [9.17, 15) is 4.79 Å². The lowest BCUT2D eigenvalue weighted by Crippen LogP contribution is -2.16. The van der Waals surface area contributed by atoms with Gasteiger partial charge in [-0.25, -0.2) is 15.0 Å². The van der Waals surface area contributed by atoms with Crippen molar-refractivity contribution in [2.75, 3.05) is 11.1 Å². The molecule has 100 valence electrons. The number of carbonyl (C=O) groups is 1. The topological polar surface area (TPSA) is 93.8 Å². The van der Waals surface area contributed by atoms with Crippen LogP contribution >= 0.6 is 11.3 Å². The van der Waals surface area contributed by atoms with E-state index in [4.69, 9.17) is 5.73 Å². The summed E-state index contributed by atoms with van der Waals surface area (Å²) in [4.78, 5) is 24.2. The molecule has 7 heteroatoms. The fourth-order valence-electron chi connectivity index (χ4n) is 1.82. The van der Waals surface area contributed by atoms with E-state index in [1.165, 1.54) is 23.7 Å². The maximum absolute atomic E-state index is 12.1. The summed E-state index contributed by atoms with van der Waals surface area (Å²) in [6.45, 7) is 1.98. The van der Waals surface area contributed by atoms with E-state index >= 15 is 0 Å². The van der Waals surface area contributed by atoms with Crippen LogP contribution in [0, 0.1) is 6.92 Å². The normalized spacial score (nSPS) is 10.7. The van der Waals surface area contributed by atoms with Crippen LogP contribution in [0.2, 0.25) is 0 Å². The van der Waals surface area contributed by atoms with Gasteiger partial charge in [0.1, 0.15) is 0 Å². The first-order valence-corrected chi connectivity index (χ1v) is 6.71. The van der Waals surface area contributed by atoms with E-state index in [2.05, 4.69) is 20.3 Å². The Labute approximate surface area is 118 Å². The predicted molar refractivity (Wildman–Crippen MR) is 78.8 cm³/mol. The van der Waals surface area contributed by atoms with E-state index in [1.807, 2.05) is 25.1 Å². The third-order valence-electron chi connectivity index (χ3n) is 2.78. The molecule has 0 unspecified atom stereocenters. The van der Waals surface area contributed by atoms with Crippen LogP contribution in [0.1, 0.15) is 16.1 Å². The Morgan fingerprint density at radius 1 is 1.30 bits per heavy atom. The molecule has 3 aromatic rings. The molecule has 0 aliphatic rings. The SMILES string of the molecule is Cc1cccc2sc(NC(=O)c3nccnc3N)nc12. The summed E-state index contributed by atoms with van der Waals surface area (Å²) >= 11 is 1.41. The van der Waals surface area contributed by atoms with Gasteiger partial charge in [-0.1, -0.05) is 23.5 Å². The fraction of sp³-hybridized carbons (Fsp3) is 0.0769. The number of amides is 1. The van der Waals surface area contributed by atoms with Crippen LogP contribution in [0.3, 0.4) is 0 Å². The summed E-state index contributed by atoms with van der Waals surface area (Å²) in [5, 5.41) is 3.22. The van der Waals surface area contributed by atoms with Gasteiger partial charge in [0.05, 0.1) is 10.2 Å². The van der Waals surface area contributed by atoms with Crippen molar-refractivity contribution < 1.29 is 4.79 Å². The maximum atomic E-state index is 12.1. The minimum atomic E-state index is -0.410. The smallest absolute Gasteiger partial charge is 0.279 e. The second-order valence-electron chi connectivity index (χ2n) is 4.18. The van der Waals surface area contributed by atoms with E-state index in [1.54, 1.807) is 0 Å². The van der Waals surface area contributed by atoms with Crippen molar-refractivity contribution in [3.05, 3.63) is 41.9 Å².